The Hall–Kier alpha value is -2.88. The zero-order valence-electron chi connectivity index (χ0n) is 18.0. The lowest BCUT2D eigenvalue weighted by Gasteiger charge is -2.26. The highest BCUT2D eigenvalue weighted by Crippen LogP contribution is 2.31. The SMILES string of the molecule is CCc1ccc(S(=O)(=O)N(CC(=O)NCc2csc(C(=O)O)c2)c2cccc(Cl)c2C)cc1. The van der Waals surface area contributed by atoms with Gasteiger partial charge in [0, 0.05) is 11.6 Å². The number of carbonyl (C=O) groups excluding carboxylic acids is 1. The molecule has 0 radical (unpaired) electrons. The van der Waals surface area contributed by atoms with Crippen LogP contribution < -0.4 is 9.62 Å². The number of hydrogen-bond donors (Lipinski definition) is 2. The van der Waals surface area contributed by atoms with E-state index in [1.807, 2.05) is 6.92 Å². The number of halogens is 1. The standard InChI is InChI=1S/C23H23ClN2O5S2/c1-3-16-7-9-18(10-8-16)33(30,31)26(20-6-4-5-19(24)15(20)2)13-22(27)25-12-17-11-21(23(28)29)32-14-17/h4-11,14H,3,12-13H2,1-2H3,(H,25,27)(H,28,29). The fourth-order valence-electron chi connectivity index (χ4n) is 3.16. The molecule has 0 fully saturated rings. The van der Waals surface area contributed by atoms with E-state index in [2.05, 4.69) is 5.32 Å². The number of rotatable bonds is 9. The molecule has 0 atom stereocenters. The first kappa shape index (κ1) is 24.8. The molecule has 3 rings (SSSR count). The van der Waals surface area contributed by atoms with Crippen molar-refractivity contribution in [2.75, 3.05) is 10.8 Å². The van der Waals surface area contributed by atoms with Crippen molar-refractivity contribution in [3.63, 3.8) is 0 Å². The topological polar surface area (TPSA) is 104 Å². The number of nitrogens with one attached hydrogen (secondary N) is 1. The summed E-state index contributed by atoms with van der Waals surface area (Å²) in [6.45, 7) is 3.28. The Morgan fingerprint density at radius 2 is 1.82 bits per heavy atom. The van der Waals surface area contributed by atoms with E-state index < -0.39 is 28.4 Å². The van der Waals surface area contributed by atoms with Crippen LogP contribution in [0.4, 0.5) is 5.69 Å². The second kappa shape index (κ2) is 10.4. The summed E-state index contributed by atoms with van der Waals surface area (Å²) in [6.07, 6.45) is 0.770. The molecule has 10 heteroatoms. The van der Waals surface area contributed by atoms with Gasteiger partial charge in [-0.05, 0) is 65.7 Å². The van der Waals surface area contributed by atoms with Crippen molar-refractivity contribution in [1.82, 2.24) is 5.32 Å². The molecule has 0 bridgehead atoms. The lowest BCUT2D eigenvalue weighted by molar-refractivity contribution is -0.119. The summed E-state index contributed by atoms with van der Waals surface area (Å²) in [5.74, 6) is -1.58. The molecule has 0 aliphatic carbocycles. The van der Waals surface area contributed by atoms with Gasteiger partial charge in [-0.3, -0.25) is 9.10 Å². The maximum Gasteiger partial charge on any atom is 0.345 e. The van der Waals surface area contributed by atoms with Gasteiger partial charge in [0.15, 0.2) is 0 Å². The summed E-state index contributed by atoms with van der Waals surface area (Å²) in [5.41, 5.74) is 2.45. The summed E-state index contributed by atoms with van der Waals surface area (Å²) in [5, 5.41) is 13.7. The second-order valence-corrected chi connectivity index (χ2v) is 10.5. The molecule has 1 heterocycles. The van der Waals surface area contributed by atoms with Crippen LogP contribution in [0.25, 0.3) is 0 Å². The molecule has 1 amide bonds. The number of carboxylic acids is 1. The monoisotopic (exact) mass is 506 g/mol. The largest absolute Gasteiger partial charge is 0.477 e. The Bertz CT molecular complexity index is 1270. The van der Waals surface area contributed by atoms with Crippen LogP contribution in [-0.4, -0.2) is 31.9 Å². The maximum atomic E-state index is 13.5. The van der Waals surface area contributed by atoms with Crippen molar-refractivity contribution < 1.29 is 23.1 Å². The molecule has 3 aromatic rings. The number of thiophene rings is 1. The van der Waals surface area contributed by atoms with Gasteiger partial charge >= 0.3 is 5.97 Å². The molecule has 33 heavy (non-hydrogen) atoms. The predicted molar refractivity (Wildman–Crippen MR) is 130 cm³/mol. The summed E-state index contributed by atoms with van der Waals surface area (Å²) in [4.78, 5) is 24.0. The number of carboxylic acid groups (broad SMARTS) is 1. The van der Waals surface area contributed by atoms with Gasteiger partial charge < -0.3 is 10.4 Å². The first-order valence-corrected chi connectivity index (χ1v) is 12.8. The van der Waals surface area contributed by atoms with Gasteiger partial charge in [-0.2, -0.15) is 0 Å². The minimum absolute atomic E-state index is 0.0656. The van der Waals surface area contributed by atoms with Crippen LogP contribution >= 0.6 is 22.9 Å². The molecule has 7 nitrogen and oxygen atoms in total. The lowest BCUT2D eigenvalue weighted by atomic mass is 10.2. The van der Waals surface area contributed by atoms with Crippen LogP contribution in [0.3, 0.4) is 0 Å². The Labute approximate surface area is 201 Å². The Morgan fingerprint density at radius 3 is 2.42 bits per heavy atom. The minimum Gasteiger partial charge on any atom is -0.477 e. The third kappa shape index (κ3) is 5.73. The van der Waals surface area contributed by atoms with E-state index in [1.54, 1.807) is 42.6 Å². The predicted octanol–water partition coefficient (Wildman–Crippen LogP) is 4.48. The number of sulfonamides is 1. The Kier molecular flexibility index (Phi) is 7.78. The third-order valence-electron chi connectivity index (χ3n) is 5.07. The molecular weight excluding hydrogens is 484 g/mol. The van der Waals surface area contributed by atoms with Gasteiger partial charge in [-0.25, -0.2) is 13.2 Å². The fourth-order valence-corrected chi connectivity index (χ4v) is 5.56. The van der Waals surface area contributed by atoms with E-state index in [9.17, 15) is 18.0 Å². The van der Waals surface area contributed by atoms with Crippen molar-refractivity contribution in [3.8, 4) is 0 Å². The third-order valence-corrected chi connectivity index (χ3v) is 8.22. The molecule has 2 aromatic carbocycles. The Morgan fingerprint density at radius 1 is 1.12 bits per heavy atom. The highest BCUT2D eigenvalue weighted by atomic mass is 35.5. The first-order chi connectivity index (χ1) is 15.6. The summed E-state index contributed by atoms with van der Waals surface area (Å²) in [6, 6.07) is 12.9. The lowest BCUT2D eigenvalue weighted by Crippen LogP contribution is -2.41. The molecule has 0 aliphatic rings. The zero-order valence-corrected chi connectivity index (χ0v) is 20.4. The normalized spacial score (nSPS) is 11.2. The van der Waals surface area contributed by atoms with Crippen molar-refractivity contribution in [2.45, 2.75) is 31.7 Å². The van der Waals surface area contributed by atoms with Gasteiger partial charge in [0.2, 0.25) is 5.91 Å². The van der Waals surface area contributed by atoms with E-state index >= 15 is 0 Å². The van der Waals surface area contributed by atoms with Crippen molar-refractivity contribution in [2.24, 2.45) is 0 Å². The molecule has 2 N–H and O–H groups in total. The van der Waals surface area contributed by atoms with Crippen LogP contribution in [0.5, 0.6) is 0 Å². The van der Waals surface area contributed by atoms with E-state index in [0.717, 1.165) is 27.6 Å². The highest BCUT2D eigenvalue weighted by Gasteiger charge is 2.28. The number of aromatic carboxylic acids is 1. The van der Waals surface area contributed by atoms with Gasteiger partial charge in [0.1, 0.15) is 11.4 Å². The second-order valence-electron chi connectivity index (χ2n) is 7.29. The van der Waals surface area contributed by atoms with Gasteiger partial charge in [0.05, 0.1) is 10.6 Å². The number of anilines is 1. The average molecular weight is 507 g/mol. The molecule has 0 aliphatic heterocycles. The molecule has 0 spiro atoms. The molecule has 0 saturated carbocycles. The van der Waals surface area contributed by atoms with Crippen LogP contribution in [0.2, 0.25) is 5.02 Å². The fraction of sp³-hybridized carbons (Fsp3) is 0.217. The van der Waals surface area contributed by atoms with Crippen LogP contribution in [-0.2, 0) is 27.8 Å². The number of benzene rings is 2. The summed E-state index contributed by atoms with van der Waals surface area (Å²) < 4.78 is 28.1. The van der Waals surface area contributed by atoms with Crippen LogP contribution in [0.1, 0.15) is 33.3 Å². The quantitative estimate of drug-likeness (QED) is 0.445. The van der Waals surface area contributed by atoms with Crippen LogP contribution in [0.15, 0.2) is 58.8 Å². The number of hydrogen-bond acceptors (Lipinski definition) is 5. The van der Waals surface area contributed by atoms with E-state index in [0.29, 0.717) is 21.8 Å². The van der Waals surface area contributed by atoms with E-state index in [1.165, 1.54) is 18.2 Å². The first-order valence-electron chi connectivity index (χ1n) is 10.1. The summed E-state index contributed by atoms with van der Waals surface area (Å²) in [7, 11) is -4.07. The minimum atomic E-state index is -4.07. The van der Waals surface area contributed by atoms with E-state index in [-0.39, 0.29) is 16.3 Å². The van der Waals surface area contributed by atoms with Crippen LogP contribution in [0, 0.1) is 6.92 Å². The molecule has 174 valence electrons. The summed E-state index contributed by atoms with van der Waals surface area (Å²) >= 11 is 7.29. The van der Waals surface area contributed by atoms with Crippen molar-refractivity contribution in [1.29, 1.82) is 0 Å². The zero-order chi connectivity index (χ0) is 24.2. The van der Waals surface area contributed by atoms with Crippen molar-refractivity contribution >= 4 is 50.5 Å². The number of carbonyl (C=O) groups is 2. The molecule has 0 unspecified atom stereocenters. The maximum absolute atomic E-state index is 13.5. The van der Waals surface area contributed by atoms with Gasteiger partial charge in [-0.15, -0.1) is 11.3 Å². The Balaban J connectivity index is 1.88. The highest BCUT2D eigenvalue weighted by molar-refractivity contribution is 7.92. The average Bonchev–Trinajstić information content (AvgIpc) is 3.28. The molecule has 1 aromatic heterocycles. The number of aryl methyl sites for hydroxylation is 1. The number of nitrogens with zero attached hydrogens (tertiary/aromatic N) is 1. The number of amides is 1. The molecular formula is C23H23ClN2O5S2. The van der Waals surface area contributed by atoms with Crippen molar-refractivity contribution in [3.05, 3.63) is 80.5 Å². The molecule has 0 saturated heterocycles. The van der Waals surface area contributed by atoms with E-state index in [4.69, 9.17) is 16.7 Å². The van der Waals surface area contributed by atoms with Gasteiger partial charge in [0.25, 0.3) is 10.0 Å². The smallest absolute Gasteiger partial charge is 0.345 e. The van der Waals surface area contributed by atoms with Gasteiger partial charge in [-0.1, -0.05) is 36.7 Å².